The molecule has 9 heteroatoms. The van der Waals surface area contributed by atoms with Crippen molar-refractivity contribution < 1.29 is 37.4 Å². The van der Waals surface area contributed by atoms with Crippen molar-refractivity contribution in [1.29, 1.82) is 0 Å². The number of esters is 1. The van der Waals surface area contributed by atoms with Gasteiger partial charge >= 0.3 is 18.1 Å². The molecule has 0 bridgehead atoms. The van der Waals surface area contributed by atoms with E-state index < -0.39 is 41.2 Å². The predicted octanol–water partition coefficient (Wildman–Crippen LogP) is 2.40. The average molecular weight is 359 g/mol. The molecule has 1 aromatic carbocycles. The van der Waals surface area contributed by atoms with Crippen molar-refractivity contribution in [2.45, 2.75) is 25.6 Å². The number of carboxylic acid groups (broad SMARTS) is 1. The lowest BCUT2D eigenvalue weighted by Crippen LogP contribution is -2.41. The van der Waals surface area contributed by atoms with E-state index in [9.17, 15) is 27.6 Å². The van der Waals surface area contributed by atoms with Crippen LogP contribution in [0.1, 0.15) is 29.3 Å². The van der Waals surface area contributed by atoms with E-state index in [1.54, 1.807) is 6.92 Å². The molecule has 0 aromatic heterocycles. The van der Waals surface area contributed by atoms with Crippen molar-refractivity contribution >= 4 is 17.8 Å². The molecule has 0 fully saturated rings. The third-order valence-corrected chi connectivity index (χ3v) is 2.99. The first-order chi connectivity index (χ1) is 11.7. The van der Waals surface area contributed by atoms with Crippen LogP contribution < -0.4 is 5.32 Å². The van der Waals surface area contributed by atoms with E-state index in [1.807, 2.05) is 5.32 Å². The van der Waals surface area contributed by atoms with Crippen LogP contribution in [-0.2, 0) is 20.5 Å². The number of halogens is 3. The van der Waals surface area contributed by atoms with Crippen LogP contribution in [0.5, 0.6) is 0 Å². The molecule has 0 saturated heterocycles. The van der Waals surface area contributed by atoms with Gasteiger partial charge in [0.05, 0.1) is 17.7 Å². The van der Waals surface area contributed by atoms with Crippen molar-refractivity contribution in [3.63, 3.8) is 0 Å². The molecule has 0 unspecified atom stereocenters. The van der Waals surface area contributed by atoms with Gasteiger partial charge in [-0.1, -0.05) is 18.2 Å². The first-order valence-corrected chi connectivity index (χ1v) is 7.20. The number of ether oxygens (including phenoxy) is 1. The second kappa shape index (κ2) is 8.86. The van der Waals surface area contributed by atoms with E-state index in [2.05, 4.69) is 4.74 Å². The largest absolute Gasteiger partial charge is 0.480 e. The van der Waals surface area contributed by atoms with Gasteiger partial charge in [-0.3, -0.25) is 4.79 Å². The summed E-state index contributed by atoms with van der Waals surface area (Å²) < 4.78 is 43.3. The molecule has 0 spiro atoms. The fourth-order valence-corrected chi connectivity index (χ4v) is 1.88. The molecule has 0 heterocycles. The predicted molar refractivity (Wildman–Crippen MR) is 80.7 cm³/mol. The Kier molecular flexibility index (Phi) is 7.16. The smallest absolute Gasteiger partial charge is 0.417 e. The lowest BCUT2D eigenvalue weighted by molar-refractivity contribution is -0.139. The standard InChI is InChI=1S/C16H16F3NO5/c1-2-25-13(21)9-5-8-12(15(23)24)20-14(22)10-6-3-4-7-11(10)16(17,18)19/h3-7,9,12H,2,8H2,1H3,(H,20,22)(H,23,24)/b9-5+/t12-/m0/s1. The van der Waals surface area contributed by atoms with Gasteiger partial charge in [0.1, 0.15) is 6.04 Å². The molecule has 1 rings (SSSR count). The second-order valence-electron chi connectivity index (χ2n) is 4.80. The molecule has 1 aromatic rings. The maximum atomic E-state index is 12.9. The van der Waals surface area contributed by atoms with Crippen LogP contribution in [0.4, 0.5) is 13.2 Å². The number of nitrogens with one attached hydrogen (secondary N) is 1. The molecular formula is C16H16F3NO5. The molecule has 25 heavy (non-hydrogen) atoms. The number of benzene rings is 1. The van der Waals surface area contributed by atoms with Crippen LogP contribution in [0.25, 0.3) is 0 Å². The second-order valence-corrected chi connectivity index (χ2v) is 4.80. The van der Waals surface area contributed by atoms with Crippen molar-refractivity contribution in [3.8, 4) is 0 Å². The van der Waals surface area contributed by atoms with Gasteiger partial charge in [0.25, 0.3) is 5.91 Å². The summed E-state index contributed by atoms with van der Waals surface area (Å²) >= 11 is 0. The van der Waals surface area contributed by atoms with Crippen LogP contribution >= 0.6 is 0 Å². The van der Waals surface area contributed by atoms with Gasteiger partial charge in [-0.2, -0.15) is 13.2 Å². The van der Waals surface area contributed by atoms with Crippen LogP contribution in [0.3, 0.4) is 0 Å². The molecule has 0 aliphatic carbocycles. The Balaban J connectivity index is 2.88. The normalized spacial score (nSPS) is 12.6. The Bertz CT molecular complexity index is 670. The molecule has 136 valence electrons. The van der Waals surface area contributed by atoms with E-state index in [4.69, 9.17) is 5.11 Å². The van der Waals surface area contributed by atoms with Crippen molar-refractivity contribution in [2.24, 2.45) is 0 Å². The molecule has 2 N–H and O–H groups in total. The Morgan fingerprint density at radius 1 is 1.28 bits per heavy atom. The minimum atomic E-state index is -4.75. The van der Waals surface area contributed by atoms with Gasteiger partial charge in [-0.25, -0.2) is 9.59 Å². The highest BCUT2D eigenvalue weighted by molar-refractivity contribution is 5.98. The minimum absolute atomic E-state index is 0.135. The van der Waals surface area contributed by atoms with Gasteiger partial charge in [0.2, 0.25) is 0 Å². The van der Waals surface area contributed by atoms with E-state index in [-0.39, 0.29) is 13.0 Å². The Morgan fingerprint density at radius 2 is 1.92 bits per heavy atom. The summed E-state index contributed by atoms with van der Waals surface area (Å²) in [6.07, 6.45) is -2.91. The number of carbonyl (C=O) groups excluding carboxylic acids is 2. The number of hydrogen-bond acceptors (Lipinski definition) is 4. The number of rotatable bonds is 7. The lowest BCUT2D eigenvalue weighted by Gasteiger charge is -2.16. The highest BCUT2D eigenvalue weighted by Gasteiger charge is 2.35. The third kappa shape index (κ3) is 6.28. The topological polar surface area (TPSA) is 92.7 Å². The maximum Gasteiger partial charge on any atom is 0.417 e. The van der Waals surface area contributed by atoms with Gasteiger partial charge in [-0.15, -0.1) is 0 Å². The zero-order chi connectivity index (χ0) is 19.0. The van der Waals surface area contributed by atoms with Gasteiger partial charge in [-0.05, 0) is 25.5 Å². The Hall–Kier alpha value is -2.84. The maximum absolute atomic E-state index is 12.9. The number of alkyl halides is 3. The lowest BCUT2D eigenvalue weighted by atomic mass is 10.1. The summed E-state index contributed by atoms with van der Waals surface area (Å²) in [6, 6.07) is 2.54. The number of hydrogen-bond donors (Lipinski definition) is 2. The number of aliphatic carboxylic acids is 1. The number of amides is 1. The van der Waals surface area contributed by atoms with Gasteiger partial charge in [0.15, 0.2) is 0 Å². The molecule has 6 nitrogen and oxygen atoms in total. The zero-order valence-electron chi connectivity index (χ0n) is 13.2. The summed E-state index contributed by atoms with van der Waals surface area (Å²) in [5, 5.41) is 11.1. The van der Waals surface area contributed by atoms with Gasteiger partial charge in [0, 0.05) is 6.08 Å². The summed E-state index contributed by atoms with van der Waals surface area (Å²) in [5.74, 6) is -3.32. The molecule has 0 aliphatic heterocycles. The Morgan fingerprint density at radius 3 is 2.48 bits per heavy atom. The number of carboxylic acids is 1. The molecule has 1 atom stereocenters. The van der Waals surface area contributed by atoms with E-state index in [0.717, 1.165) is 30.4 Å². The fourth-order valence-electron chi connectivity index (χ4n) is 1.88. The summed E-state index contributed by atoms with van der Waals surface area (Å²) in [4.78, 5) is 34.3. The zero-order valence-corrected chi connectivity index (χ0v) is 13.2. The van der Waals surface area contributed by atoms with E-state index in [1.165, 1.54) is 6.07 Å². The van der Waals surface area contributed by atoms with Crippen LogP contribution in [0.2, 0.25) is 0 Å². The number of carbonyl (C=O) groups is 3. The summed E-state index contributed by atoms with van der Waals surface area (Å²) in [6.45, 7) is 1.72. The summed E-state index contributed by atoms with van der Waals surface area (Å²) in [5.41, 5.74) is -1.85. The minimum Gasteiger partial charge on any atom is -0.480 e. The third-order valence-electron chi connectivity index (χ3n) is 2.99. The SMILES string of the molecule is CCOC(=O)/C=C/C[C@H](NC(=O)c1ccccc1C(F)(F)F)C(=O)O. The fraction of sp³-hybridized carbons (Fsp3) is 0.312. The first-order valence-electron chi connectivity index (χ1n) is 7.20. The average Bonchev–Trinajstić information content (AvgIpc) is 2.53. The van der Waals surface area contributed by atoms with E-state index in [0.29, 0.717) is 0 Å². The molecule has 0 saturated carbocycles. The van der Waals surface area contributed by atoms with Crippen LogP contribution in [0, 0.1) is 0 Å². The van der Waals surface area contributed by atoms with Crippen molar-refractivity contribution in [1.82, 2.24) is 5.32 Å². The van der Waals surface area contributed by atoms with Crippen molar-refractivity contribution in [3.05, 3.63) is 47.5 Å². The molecule has 1 amide bonds. The van der Waals surface area contributed by atoms with Crippen LogP contribution in [0.15, 0.2) is 36.4 Å². The Labute approximate surface area is 141 Å². The molecular weight excluding hydrogens is 343 g/mol. The monoisotopic (exact) mass is 359 g/mol. The van der Waals surface area contributed by atoms with Gasteiger partial charge < -0.3 is 15.2 Å². The summed E-state index contributed by atoms with van der Waals surface area (Å²) in [7, 11) is 0. The van der Waals surface area contributed by atoms with Crippen LogP contribution in [-0.4, -0.2) is 35.6 Å². The van der Waals surface area contributed by atoms with Crippen molar-refractivity contribution in [2.75, 3.05) is 6.61 Å². The first kappa shape index (κ1) is 20.2. The van der Waals surface area contributed by atoms with E-state index >= 15 is 0 Å². The quantitative estimate of drug-likeness (QED) is 0.576. The molecule has 0 radical (unpaired) electrons. The molecule has 0 aliphatic rings. The highest BCUT2D eigenvalue weighted by atomic mass is 19.4. The highest BCUT2D eigenvalue weighted by Crippen LogP contribution is 2.31.